The maximum absolute atomic E-state index is 12.5. The summed E-state index contributed by atoms with van der Waals surface area (Å²) >= 11 is 5.36. The SMILES string of the molecule is C=CC1=C/C(=C2/C(=O)OC(C)(C)OC2=S)C2=CC3CC3C=C2C1.CC.CCC. The van der Waals surface area contributed by atoms with Crippen molar-refractivity contribution in [2.75, 3.05) is 0 Å². The van der Waals surface area contributed by atoms with Gasteiger partial charge in [0.05, 0.1) is 0 Å². The van der Waals surface area contributed by atoms with Gasteiger partial charge in [0, 0.05) is 19.4 Å². The predicted molar refractivity (Wildman–Crippen MR) is 119 cm³/mol. The van der Waals surface area contributed by atoms with Crippen molar-refractivity contribution < 1.29 is 14.3 Å². The van der Waals surface area contributed by atoms with Crippen molar-refractivity contribution in [2.45, 2.75) is 66.6 Å². The molecule has 0 bridgehead atoms. The Morgan fingerprint density at radius 3 is 2.39 bits per heavy atom. The van der Waals surface area contributed by atoms with Gasteiger partial charge in [-0.2, -0.15) is 0 Å². The van der Waals surface area contributed by atoms with E-state index in [-0.39, 0.29) is 5.05 Å². The van der Waals surface area contributed by atoms with Gasteiger partial charge in [-0.05, 0) is 59.7 Å². The van der Waals surface area contributed by atoms with Crippen LogP contribution in [-0.2, 0) is 14.3 Å². The van der Waals surface area contributed by atoms with Crippen LogP contribution in [0, 0.1) is 11.8 Å². The largest absolute Gasteiger partial charge is 0.441 e. The molecule has 4 aliphatic rings. The molecule has 0 radical (unpaired) electrons. The number of hydrogen-bond donors (Lipinski definition) is 0. The number of allylic oxidation sites excluding steroid dienone is 8. The average molecular weight is 401 g/mol. The highest BCUT2D eigenvalue weighted by Crippen LogP contribution is 2.51. The Balaban J connectivity index is 0.000000514. The number of ether oxygens (including phenoxy) is 2. The Morgan fingerprint density at radius 1 is 1.21 bits per heavy atom. The first-order chi connectivity index (χ1) is 13.3. The first kappa shape index (κ1) is 22.4. The van der Waals surface area contributed by atoms with Crippen molar-refractivity contribution in [3.05, 3.63) is 58.7 Å². The van der Waals surface area contributed by atoms with Crippen LogP contribution in [0.25, 0.3) is 0 Å². The molecule has 152 valence electrons. The molecule has 0 spiro atoms. The molecule has 0 aromatic heterocycles. The normalized spacial score (nSPS) is 28.9. The first-order valence-corrected chi connectivity index (χ1v) is 10.7. The third-order valence-electron chi connectivity index (χ3n) is 4.66. The molecule has 0 N–H and O–H groups in total. The zero-order chi connectivity index (χ0) is 21.1. The minimum absolute atomic E-state index is 0.209. The maximum atomic E-state index is 12.5. The fraction of sp³-hybridized carbons (Fsp3) is 0.500. The van der Waals surface area contributed by atoms with Crippen LogP contribution in [0.1, 0.15) is 60.8 Å². The minimum Gasteiger partial charge on any atom is -0.441 e. The second-order valence-corrected chi connectivity index (χ2v) is 7.98. The predicted octanol–water partition coefficient (Wildman–Crippen LogP) is 6.38. The second-order valence-electron chi connectivity index (χ2n) is 7.61. The number of carbonyl (C=O) groups is 1. The van der Waals surface area contributed by atoms with E-state index < -0.39 is 11.8 Å². The smallest absolute Gasteiger partial charge is 0.346 e. The van der Waals surface area contributed by atoms with Crippen LogP contribution in [0.2, 0.25) is 0 Å². The van der Waals surface area contributed by atoms with Gasteiger partial charge in [-0.1, -0.05) is 58.9 Å². The Labute approximate surface area is 174 Å². The first-order valence-electron chi connectivity index (χ1n) is 10.3. The summed E-state index contributed by atoms with van der Waals surface area (Å²) in [6, 6.07) is 0. The summed E-state index contributed by atoms with van der Waals surface area (Å²) in [4.78, 5) is 12.5. The van der Waals surface area contributed by atoms with E-state index in [9.17, 15) is 4.79 Å². The monoisotopic (exact) mass is 400 g/mol. The number of hydrogen-bond acceptors (Lipinski definition) is 4. The summed E-state index contributed by atoms with van der Waals surface area (Å²) in [5.74, 6) is -0.182. The number of carbonyl (C=O) groups excluding carboxylic acids is 1. The summed E-state index contributed by atoms with van der Waals surface area (Å²) in [7, 11) is 0. The maximum Gasteiger partial charge on any atom is 0.346 e. The third-order valence-corrected chi connectivity index (χ3v) is 4.95. The molecule has 4 rings (SSSR count). The molecule has 1 saturated heterocycles. The van der Waals surface area contributed by atoms with Gasteiger partial charge in [-0.3, -0.25) is 0 Å². The molecule has 1 heterocycles. The summed E-state index contributed by atoms with van der Waals surface area (Å²) in [5.41, 5.74) is 4.61. The van der Waals surface area contributed by atoms with E-state index in [1.165, 1.54) is 18.4 Å². The molecule has 2 unspecified atom stereocenters. The van der Waals surface area contributed by atoms with Crippen molar-refractivity contribution >= 4 is 23.2 Å². The lowest BCUT2D eigenvalue weighted by molar-refractivity contribution is -0.190. The van der Waals surface area contributed by atoms with E-state index in [4.69, 9.17) is 21.7 Å². The highest BCUT2D eigenvalue weighted by atomic mass is 32.1. The topological polar surface area (TPSA) is 35.5 Å². The molecule has 0 aromatic rings. The Hall–Kier alpha value is -1.94. The van der Waals surface area contributed by atoms with Crippen LogP contribution in [0.5, 0.6) is 0 Å². The van der Waals surface area contributed by atoms with E-state index >= 15 is 0 Å². The van der Waals surface area contributed by atoms with E-state index in [0.29, 0.717) is 17.4 Å². The van der Waals surface area contributed by atoms with Gasteiger partial charge in [-0.25, -0.2) is 4.79 Å². The summed E-state index contributed by atoms with van der Waals surface area (Å²) in [6.07, 6.45) is 11.7. The van der Waals surface area contributed by atoms with E-state index in [1.807, 2.05) is 26.0 Å². The fourth-order valence-corrected chi connectivity index (χ4v) is 3.84. The van der Waals surface area contributed by atoms with Gasteiger partial charge in [0.2, 0.25) is 10.8 Å². The number of fused-ring (bicyclic) bond motifs is 2. The Kier molecular flexibility index (Phi) is 7.22. The van der Waals surface area contributed by atoms with Crippen LogP contribution in [-0.4, -0.2) is 16.8 Å². The van der Waals surface area contributed by atoms with Gasteiger partial charge in [0.1, 0.15) is 5.57 Å². The molecule has 1 aliphatic heterocycles. The molecule has 4 heteroatoms. The average Bonchev–Trinajstić information content (AvgIpc) is 3.38. The number of rotatable bonds is 1. The molecular weight excluding hydrogens is 368 g/mol. The van der Waals surface area contributed by atoms with Gasteiger partial charge >= 0.3 is 5.97 Å². The van der Waals surface area contributed by atoms with E-state index in [0.717, 1.165) is 23.1 Å². The molecule has 3 aliphatic carbocycles. The van der Waals surface area contributed by atoms with Gasteiger partial charge in [0.25, 0.3) is 0 Å². The number of cyclic esters (lactones) is 1. The van der Waals surface area contributed by atoms with Crippen molar-refractivity contribution in [2.24, 2.45) is 11.8 Å². The zero-order valence-corrected chi connectivity index (χ0v) is 18.7. The lowest BCUT2D eigenvalue weighted by Crippen LogP contribution is -2.41. The highest BCUT2D eigenvalue weighted by Gasteiger charge is 2.42. The van der Waals surface area contributed by atoms with Gasteiger partial charge in [0.15, 0.2) is 0 Å². The molecule has 0 amide bonds. The molecule has 2 fully saturated rings. The van der Waals surface area contributed by atoms with Crippen LogP contribution < -0.4 is 0 Å². The molecular formula is C24H32O3S. The molecule has 28 heavy (non-hydrogen) atoms. The number of thiocarbonyl (C=S) groups is 1. The molecule has 0 aromatic carbocycles. The minimum atomic E-state index is -1.01. The summed E-state index contributed by atoms with van der Waals surface area (Å²) in [6.45, 7) is 15.5. The second kappa shape index (κ2) is 9.04. The molecule has 3 nitrogen and oxygen atoms in total. The molecule has 1 saturated carbocycles. The third kappa shape index (κ3) is 4.72. The Bertz CT molecular complexity index is 771. The van der Waals surface area contributed by atoms with Crippen LogP contribution in [0.3, 0.4) is 0 Å². The standard InChI is InChI=1S/C19H18O3S.C3H8.C2H6/c1-4-10-5-13-8-11-7-12(11)9-14(13)15(6-10)16-17(20)21-19(2,3)22-18(16)23;1-3-2;1-2/h4,6,8-9,11-12H,1,5,7H2,2-3H3;3H2,1-2H3;1-2H3/b16-15+;;. The highest BCUT2D eigenvalue weighted by molar-refractivity contribution is 7.80. The quantitative estimate of drug-likeness (QED) is 0.291. The van der Waals surface area contributed by atoms with E-state index in [1.54, 1.807) is 13.8 Å². The van der Waals surface area contributed by atoms with Crippen LogP contribution in [0.15, 0.2) is 58.7 Å². The number of esters is 1. The van der Waals surface area contributed by atoms with Crippen molar-refractivity contribution in [3.63, 3.8) is 0 Å². The van der Waals surface area contributed by atoms with Gasteiger partial charge < -0.3 is 9.47 Å². The van der Waals surface area contributed by atoms with Crippen molar-refractivity contribution in [1.29, 1.82) is 0 Å². The summed E-state index contributed by atoms with van der Waals surface area (Å²) in [5, 5.41) is 0.209. The lowest BCUT2D eigenvalue weighted by Gasteiger charge is -2.34. The Morgan fingerprint density at radius 2 is 1.82 bits per heavy atom. The van der Waals surface area contributed by atoms with Crippen molar-refractivity contribution in [1.82, 2.24) is 0 Å². The molecule has 2 atom stereocenters. The zero-order valence-electron chi connectivity index (χ0n) is 17.9. The van der Waals surface area contributed by atoms with Crippen LogP contribution in [0.4, 0.5) is 0 Å². The van der Waals surface area contributed by atoms with Gasteiger partial charge in [-0.15, -0.1) is 0 Å². The fourth-order valence-electron chi connectivity index (χ4n) is 3.45. The van der Waals surface area contributed by atoms with E-state index in [2.05, 4.69) is 32.6 Å². The summed E-state index contributed by atoms with van der Waals surface area (Å²) < 4.78 is 11.0. The lowest BCUT2D eigenvalue weighted by atomic mass is 9.80. The van der Waals surface area contributed by atoms with Crippen LogP contribution >= 0.6 is 12.2 Å². The van der Waals surface area contributed by atoms with Crippen molar-refractivity contribution in [3.8, 4) is 0 Å².